The highest BCUT2D eigenvalue weighted by molar-refractivity contribution is 5.98. The van der Waals surface area contributed by atoms with E-state index in [4.69, 9.17) is 0 Å². The highest BCUT2D eigenvalue weighted by atomic mass is 19.4. The quantitative estimate of drug-likeness (QED) is 0.829. The van der Waals surface area contributed by atoms with Crippen molar-refractivity contribution in [2.45, 2.75) is 19.1 Å². The number of carbonyl (C=O) groups is 1. The Morgan fingerprint density at radius 2 is 2.07 bits per heavy atom. The Morgan fingerprint density at radius 3 is 2.70 bits per heavy atom. The Kier molecular flexibility index (Phi) is 5.81. The summed E-state index contributed by atoms with van der Waals surface area (Å²) in [6.45, 7) is 2.94. The van der Waals surface area contributed by atoms with Gasteiger partial charge in [0.1, 0.15) is 6.04 Å². The normalized spacial score (nSPS) is 16.9. The second-order valence-electron chi connectivity index (χ2n) is 6.54. The molecule has 1 fully saturated rings. The molecule has 0 radical (unpaired) electrons. The number of aryl methyl sites for hydroxylation is 1. The minimum atomic E-state index is -4.41. The van der Waals surface area contributed by atoms with Crippen LogP contribution in [-0.4, -0.2) is 65.3 Å². The van der Waals surface area contributed by atoms with Gasteiger partial charge in [0.05, 0.1) is 17.6 Å². The average molecular weight is 381 g/mol. The third-order valence-corrected chi connectivity index (χ3v) is 4.61. The molecule has 27 heavy (non-hydrogen) atoms. The monoisotopic (exact) mass is 381 g/mol. The summed E-state index contributed by atoms with van der Waals surface area (Å²) in [5.41, 5.74) is 1.73. The number of carbonyl (C=O) groups excluding carboxylic acids is 1. The standard InChI is InChI=1S/C18H22F3N5O/c1-13-2-3-15(26-9-6-23-12-26)14(10-13)17(27)24-11-16(18(19,20)21)25-7-4-22-5-8-25/h2-3,6,9-10,12,16,22H,4-5,7-8,11H2,1H3,(H,24,27). The van der Waals surface area contributed by atoms with Crippen molar-refractivity contribution in [3.63, 3.8) is 0 Å². The van der Waals surface area contributed by atoms with Gasteiger partial charge in [0, 0.05) is 45.1 Å². The third-order valence-electron chi connectivity index (χ3n) is 4.61. The predicted octanol–water partition coefficient (Wildman–Crippen LogP) is 1.75. The molecule has 1 aromatic heterocycles. The Bertz CT molecular complexity index is 770. The van der Waals surface area contributed by atoms with E-state index in [1.54, 1.807) is 35.4 Å². The van der Waals surface area contributed by atoms with Gasteiger partial charge >= 0.3 is 6.18 Å². The summed E-state index contributed by atoms with van der Waals surface area (Å²) in [4.78, 5) is 18.0. The molecule has 0 spiro atoms. The maximum absolute atomic E-state index is 13.5. The number of hydrogen-bond acceptors (Lipinski definition) is 4. The number of nitrogens with one attached hydrogen (secondary N) is 2. The van der Waals surface area contributed by atoms with Gasteiger partial charge < -0.3 is 15.2 Å². The first-order chi connectivity index (χ1) is 12.9. The number of benzene rings is 1. The molecule has 0 bridgehead atoms. The van der Waals surface area contributed by atoms with Gasteiger partial charge in [0.2, 0.25) is 0 Å². The van der Waals surface area contributed by atoms with E-state index in [9.17, 15) is 18.0 Å². The Balaban J connectivity index is 1.77. The number of halogens is 3. The molecule has 3 rings (SSSR count). The van der Waals surface area contributed by atoms with Crippen molar-refractivity contribution in [3.8, 4) is 5.69 Å². The van der Waals surface area contributed by atoms with E-state index in [0.717, 1.165) is 5.56 Å². The summed E-state index contributed by atoms with van der Waals surface area (Å²) in [5, 5.41) is 5.51. The maximum atomic E-state index is 13.5. The number of alkyl halides is 3. The van der Waals surface area contributed by atoms with Crippen LogP contribution in [0.25, 0.3) is 5.69 Å². The number of imidazole rings is 1. The molecule has 146 valence electrons. The summed E-state index contributed by atoms with van der Waals surface area (Å²) < 4.78 is 42.2. The largest absolute Gasteiger partial charge is 0.405 e. The van der Waals surface area contributed by atoms with Crippen LogP contribution in [0.2, 0.25) is 0 Å². The number of hydrogen-bond donors (Lipinski definition) is 2. The first-order valence-electron chi connectivity index (χ1n) is 8.75. The lowest BCUT2D eigenvalue weighted by molar-refractivity contribution is -0.183. The van der Waals surface area contributed by atoms with Crippen molar-refractivity contribution in [1.82, 2.24) is 25.1 Å². The number of amides is 1. The molecule has 1 atom stereocenters. The van der Waals surface area contributed by atoms with Crippen molar-refractivity contribution in [1.29, 1.82) is 0 Å². The number of aromatic nitrogens is 2. The van der Waals surface area contributed by atoms with E-state index in [0.29, 0.717) is 37.4 Å². The van der Waals surface area contributed by atoms with Gasteiger partial charge in [-0.1, -0.05) is 11.6 Å². The molecule has 1 saturated heterocycles. The van der Waals surface area contributed by atoms with Crippen LogP contribution < -0.4 is 10.6 Å². The molecule has 0 saturated carbocycles. The van der Waals surface area contributed by atoms with Gasteiger partial charge in [-0.25, -0.2) is 4.98 Å². The van der Waals surface area contributed by atoms with Crippen molar-refractivity contribution in [3.05, 3.63) is 48.0 Å². The molecule has 2 aromatic rings. The summed E-state index contributed by atoms with van der Waals surface area (Å²) in [6.07, 6.45) is 0.386. The summed E-state index contributed by atoms with van der Waals surface area (Å²) in [5.74, 6) is -0.535. The fourth-order valence-corrected chi connectivity index (χ4v) is 3.19. The SMILES string of the molecule is Cc1ccc(-n2ccnc2)c(C(=O)NCC(N2CCNCC2)C(F)(F)F)c1. The van der Waals surface area contributed by atoms with E-state index in [1.165, 1.54) is 4.90 Å². The number of nitrogens with zero attached hydrogens (tertiary/aromatic N) is 3. The van der Waals surface area contributed by atoms with Crippen molar-refractivity contribution in [2.75, 3.05) is 32.7 Å². The zero-order chi connectivity index (χ0) is 19.4. The minimum Gasteiger partial charge on any atom is -0.350 e. The first kappa shape index (κ1) is 19.4. The first-order valence-corrected chi connectivity index (χ1v) is 8.75. The predicted molar refractivity (Wildman–Crippen MR) is 94.9 cm³/mol. The Hall–Kier alpha value is -2.39. The third kappa shape index (κ3) is 4.67. The van der Waals surface area contributed by atoms with Gasteiger partial charge in [0.25, 0.3) is 5.91 Å². The lowest BCUT2D eigenvalue weighted by atomic mass is 10.1. The van der Waals surface area contributed by atoms with Gasteiger partial charge in [-0.15, -0.1) is 0 Å². The topological polar surface area (TPSA) is 62.2 Å². The lowest BCUT2D eigenvalue weighted by Gasteiger charge is -2.36. The maximum Gasteiger partial charge on any atom is 0.405 e. The zero-order valence-electron chi connectivity index (χ0n) is 15.0. The second kappa shape index (κ2) is 8.10. The molecule has 6 nitrogen and oxygen atoms in total. The van der Waals surface area contributed by atoms with Gasteiger partial charge in [-0.05, 0) is 19.1 Å². The fraction of sp³-hybridized carbons (Fsp3) is 0.444. The van der Waals surface area contributed by atoms with Crippen LogP contribution in [0.15, 0.2) is 36.9 Å². The zero-order valence-corrected chi connectivity index (χ0v) is 15.0. The highest BCUT2D eigenvalue weighted by Gasteiger charge is 2.43. The van der Waals surface area contributed by atoms with Crippen molar-refractivity contribution in [2.24, 2.45) is 0 Å². The minimum absolute atomic E-state index is 0.296. The van der Waals surface area contributed by atoms with E-state index in [2.05, 4.69) is 15.6 Å². The van der Waals surface area contributed by atoms with Crippen LogP contribution in [0.3, 0.4) is 0 Å². The van der Waals surface area contributed by atoms with E-state index >= 15 is 0 Å². The molecule has 1 aliphatic rings. The molecular formula is C18H22F3N5O. The van der Waals surface area contributed by atoms with Crippen LogP contribution in [-0.2, 0) is 0 Å². The van der Waals surface area contributed by atoms with E-state index in [-0.39, 0.29) is 0 Å². The molecule has 1 aliphatic heterocycles. The highest BCUT2D eigenvalue weighted by Crippen LogP contribution is 2.25. The summed E-state index contributed by atoms with van der Waals surface area (Å²) in [6, 6.07) is 3.55. The van der Waals surface area contributed by atoms with Crippen molar-refractivity contribution < 1.29 is 18.0 Å². The molecule has 2 N–H and O–H groups in total. The average Bonchev–Trinajstić information content (AvgIpc) is 3.16. The number of piperazine rings is 1. The Labute approximate surface area is 155 Å². The lowest BCUT2D eigenvalue weighted by Crippen LogP contribution is -2.57. The fourth-order valence-electron chi connectivity index (χ4n) is 3.19. The molecule has 1 amide bonds. The van der Waals surface area contributed by atoms with Crippen LogP contribution in [0, 0.1) is 6.92 Å². The van der Waals surface area contributed by atoms with E-state index < -0.39 is 24.7 Å². The molecule has 2 heterocycles. The van der Waals surface area contributed by atoms with Gasteiger partial charge in [0.15, 0.2) is 0 Å². The molecule has 0 aliphatic carbocycles. The molecule has 1 aromatic carbocycles. The summed E-state index contributed by atoms with van der Waals surface area (Å²) >= 11 is 0. The second-order valence-corrected chi connectivity index (χ2v) is 6.54. The molecule has 9 heteroatoms. The van der Waals surface area contributed by atoms with Gasteiger partial charge in [-0.2, -0.15) is 13.2 Å². The Morgan fingerprint density at radius 1 is 1.33 bits per heavy atom. The number of rotatable bonds is 5. The van der Waals surface area contributed by atoms with Gasteiger partial charge in [-0.3, -0.25) is 9.69 Å². The van der Waals surface area contributed by atoms with Crippen LogP contribution in [0.5, 0.6) is 0 Å². The smallest absolute Gasteiger partial charge is 0.350 e. The molecular weight excluding hydrogens is 359 g/mol. The van der Waals surface area contributed by atoms with Crippen molar-refractivity contribution >= 4 is 5.91 Å². The summed E-state index contributed by atoms with van der Waals surface area (Å²) in [7, 11) is 0. The van der Waals surface area contributed by atoms with E-state index in [1.807, 2.05) is 13.0 Å². The van der Waals surface area contributed by atoms with Crippen LogP contribution >= 0.6 is 0 Å². The van der Waals surface area contributed by atoms with Crippen LogP contribution in [0.4, 0.5) is 13.2 Å². The van der Waals surface area contributed by atoms with Crippen LogP contribution in [0.1, 0.15) is 15.9 Å². The molecule has 1 unspecified atom stereocenters.